The molecule has 0 saturated carbocycles. The van der Waals surface area contributed by atoms with Gasteiger partial charge in [-0.3, -0.25) is 0 Å². The van der Waals surface area contributed by atoms with Gasteiger partial charge in [0.1, 0.15) is 5.60 Å². The molecule has 1 amide bonds. The molecule has 106 valence electrons. The first kappa shape index (κ1) is 15.3. The lowest BCUT2D eigenvalue weighted by Crippen LogP contribution is -2.42. The number of likely N-dealkylation sites (tertiary alicyclic amines) is 1. The van der Waals surface area contributed by atoms with Gasteiger partial charge >= 0.3 is 6.09 Å². The number of nitrogens with zero attached hydrogens (tertiary/aromatic N) is 1. The number of hydrogen-bond acceptors (Lipinski definition) is 2. The average Bonchev–Trinajstić information content (AvgIpc) is 2.27. The van der Waals surface area contributed by atoms with Crippen molar-refractivity contribution in [1.29, 1.82) is 0 Å². The molecule has 1 saturated heterocycles. The van der Waals surface area contributed by atoms with Crippen molar-refractivity contribution in [3.8, 4) is 0 Å². The van der Waals surface area contributed by atoms with E-state index in [4.69, 9.17) is 4.74 Å². The number of ether oxygens (including phenoxy) is 1. The van der Waals surface area contributed by atoms with Crippen LogP contribution < -0.4 is 0 Å². The highest BCUT2D eigenvalue weighted by atomic mass is 16.6. The van der Waals surface area contributed by atoms with Crippen molar-refractivity contribution in [2.75, 3.05) is 13.1 Å². The Kier molecular flexibility index (Phi) is 5.97. The van der Waals surface area contributed by atoms with Crippen LogP contribution in [0.5, 0.6) is 0 Å². The van der Waals surface area contributed by atoms with Gasteiger partial charge in [-0.2, -0.15) is 0 Å². The van der Waals surface area contributed by atoms with E-state index in [1.165, 1.54) is 32.1 Å². The molecule has 0 aromatic carbocycles. The molecule has 1 rings (SSSR count). The predicted molar refractivity (Wildman–Crippen MR) is 74.7 cm³/mol. The number of hydrogen-bond donors (Lipinski definition) is 0. The van der Waals surface area contributed by atoms with Crippen LogP contribution in [0.3, 0.4) is 0 Å². The Balaban J connectivity index is 2.36. The van der Waals surface area contributed by atoms with E-state index in [9.17, 15) is 4.79 Å². The van der Waals surface area contributed by atoms with Crippen LogP contribution in [0.2, 0.25) is 0 Å². The molecule has 1 fully saturated rings. The van der Waals surface area contributed by atoms with Gasteiger partial charge in [-0.25, -0.2) is 4.79 Å². The fourth-order valence-electron chi connectivity index (χ4n) is 2.48. The molecule has 1 aliphatic heterocycles. The van der Waals surface area contributed by atoms with Gasteiger partial charge in [-0.05, 0) is 46.0 Å². The highest BCUT2D eigenvalue weighted by molar-refractivity contribution is 5.68. The maximum absolute atomic E-state index is 12.0. The van der Waals surface area contributed by atoms with E-state index in [-0.39, 0.29) is 11.7 Å². The maximum atomic E-state index is 12.0. The van der Waals surface area contributed by atoms with Gasteiger partial charge in [0.15, 0.2) is 0 Å². The first-order valence-electron chi connectivity index (χ1n) is 7.40. The van der Waals surface area contributed by atoms with Crippen LogP contribution in [0.25, 0.3) is 0 Å². The third kappa shape index (κ3) is 5.74. The zero-order valence-electron chi connectivity index (χ0n) is 12.5. The Labute approximate surface area is 112 Å². The molecule has 0 unspecified atom stereocenters. The van der Waals surface area contributed by atoms with Crippen LogP contribution >= 0.6 is 0 Å². The lowest BCUT2D eigenvalue weighted by molar-refractivity contribution is 0.0160. The summed E-state index contributed by atoms with van der Waals surface area (Å²) in [5.74, 6) is 0.679. The highest BCUT2D eigenvalue weighted by Crippen LogP contribution is 2.23. The molecule has 0 spiro atoms. The first-order chi connectivity index (χ1) is 8.42. The van der Waals surface area contributed by atoms with Crippen molar-refractivity contribution >= 4 is 6.09 Å². The lowest BCUT2D eigenvalue weighted by Gasteiger charge is -2.34. The first-order valence-corrected chi connectivity index (χ1v) is 7.40. The van der Waals surface area contributed by atoms with Crippen molar-refractivity contribution in [3.63, 3.8) is 0 Å². The van der Waals surface area contributed by atoms with Gasteiger partial charge in [0, 0.05) is 13.1 Å². The third-order valence-electron chi connectivity index (χ3n) is 3.39. The molecular weight excluding hydrogens is 226 g/mol. The molecule has 3 heteroatoms. The normalized spacial score (nSPS) is 20.9. The monoisotopic (exact) mass is 255 g/mol. The SMILES string of the molecule is CCCCC[C@@H]1CCCN(C(=O)OC(C)(C)C)C1. The summed E-state index contributed by atoms with van der Waals surface area (Å²) in [6, 6.07) is 0. The smallest absolute Gasteiger partial charge is 0.410 e. The summed E-state index contributed by atoms with van der Waals surface area (Å²) in [7, 11) is 0. The molecule has 1 aliphatic rings. The van der Waals surface area contributed by atoms with Crippen molar-refractivity contribution < 1.29 is 9.53 Å². The van der Waals surface area contributed by atoms with Gasteiger partial charge in [0.2, 0.25) is 0 Å². The van der Waals surface area contributed by atoms with Gasteiger partial charge in [0.05, 0.1) is 0 Å². The second-order valence-corrected chi connectivity index (χ2v) is 6.43. The Bertz CT molecular complexity index is 258. The van der Waals surface area contributed by atoms with Gasteiger partial charge in [-0.15, -0.1) is 0 Å². The average molecular weight is 255 g/mol. The number of unbranched alkanes of at least 4 members (excludes halogenated alkanes) is 2. The topological polar surface area (TPSA) is 29.5 Å². The molecule has 0 aliphatic carbocycles. The third-order valence-corrected chi connectivity index (χ3v) is 3.39. The second kappa shape index (κ2) is 7.01. The summed E-state index contributed by atoms with van der Waals surface area (Å²) >= 11 is 0. The van der Waals surface area contributed by atoms with Crippen molar-refractivity contribution in [1.82, 2.24) is 4.90 Å². The Morgan fingerprint density at radius 3 is 2.67 bits per heavy atom. The van der Waals surface area contributed by atoms with E-state index in [1.807, 2.05) is 25.7 Å². The molecule has 0 aromatic heterocycles. The summed E-state index contributed by atoms with van der Waals surface area (Å²) in [4.78, 5) is 13.9. The van der Waals surface area contributed by atoms with E-state index in [2.05, 4.69) is 6.92 Å². The number of carbonyl (C=O) groups is 1. The number of rotatable bonds is 4. The molecule has 0 radical (unpaired) electrons. The van der Waals surface area contributed by atoms with Crippen molar-refractivity contribution in [2.24, 2.45) is 5.92 Å². The predicted octanol–water partition coefficient (Wildman–Crippen LogP) is 4.21. The Morgan fingerprint density at radius 1 is 1.33 bits per heavy atom. The van der Waals surface area contributed by atoms with E-state index >= 15 is 0 Å². The summed E-state index contributed by atoms with van der Waals surface area (Å²) in [6.07, 6.45) is 7.38. The summed E-state index contributed by atoms with van der Waals surface area (Å²) in [5.41, 5.74) is -0.383. The molecule has 0 aromatic rings. The zero-order chi connectivity index (χ0) is 13.6. The molecule has 18 heavy (non-hydrogen) atoms. The van der Waals surface area contributed by atoms with Gasteiger partial charge in [-0.1, -0.05) is 26.2 Å². The number of carbonyl (C=O) groups excluding carboxylic acids is 1. The maximum Gasteiger partial charge on any atom is 0.410 e. The standard InChI is InChI=1S/C15H29NO2/c1-5-6-7-9-13-10-8-11-16(12-13)14(17)18-15(2,3)4/h13H,5-12H2,1-4H3/t13-/m1/s1. The fourth-order valence-corrected chi connectivity index (χ4v) is 2.48. The van der Waals surface area contributed by atoms with Crippen LogP contribution in [0.1, 0.15) is 66.2 Å². The van der Waals surface area contributed by atoms with Crippen LogP contribution in [0.15, 0.2) is 0 Å². The highest BCUT2D eigenvalue weighted by Gasteiger charge is 2.27. The van der Waals surface area contributed by atoms with E-state index in [0.29, 0.717) is 5.92 Å². The molecular formula is C15H29NO2. The largest absolute Gasteiger partial charge is 0.444 e. The van der Waals surface area contributed by atoms with Crippen molar-refractivity contribution in [2.45, 2.75) is 71.8 Å². The number of amides is 1. The molecule has 0 N–H and O–H groups in total. The van der Waals surface area contributed by atoms with Crippen LogP contribution in [-0.2, 0) is 4.74 Å². The van der Waals surface area contributed by atoms with E-state index < -0.39 is 0 Å². The zero-order valence-corrected chi connectivity index (χ0v) is 12.5. The van der Waals surface area contributed by atoms with Crippen LogP contribution in [0, 0.1) is 5.92 Å². The molecule has 1 atom stereocenters. The van der Waals surface area contributed by atoms with Crippen LogP contribution in [-0.4, -0.2) is 29.7 Å². The van der Waals surface area contributed by atoms with E-state index in [1.54, 1.807) is 0 Å². The second-order valence-electron chi connectivity index (χ2n) is 6.43. The lowest BCUT2D eigenvalue weighted by atomic mass is 9.93. The minimum absolute atomic E-state index is 0.136. The fraction of sp³-hybridized carbons (Fsp3) is 0.933. The quantitative estimate of drug-likeness (QED) is 0.704. The summed E-state index contributed by atoms with van der Waals surface area (Å²) < 4.78 is 5.44. The van der Waals surface area contributed by atoms with Crippen LogP contribution in [0.4, 0.5) is 4.79 Å². The van der Waals surface area contributed by atoms with E-state index in [0.717, 1.165) is 19.5 Å². The Morgan fingerprint density at radius 2 is 2.06 bits per heavy atom. The summed E-state index contributed by atoms with van der Waals surface area (Å²) in [5, 5.41) is 0. The molecule has 1 heterocycles. The number of piperidine rings is 1. The summed E-state index contributed by atoms with van der Waals surface area (Å²) in [6.45, 7) is 9.75. The minimum Gasteiger partial charge on any atom is -0.444 e. The Hall–Kier alpha value is -0.730. The molecule has 3 nitrogen and oxygen atoms in total. The minimum atomic E-state index is -0.383. The van der Waals surface area contributed by atoms with Gasteiger partial charge < -0.3 is 9.64 Å². The van der Waals surface area contributed by atoms with Gasteiger partial charge in [0.25, 0.3) is 0 Å². The van der Waals surface area contributed by atoms with Crippen molar-refractivity contribution in [3.05, 3.63) is 0 Å². The molecule has 0 bridgehead atoms.